The van der Waals surface area contributed by atoms with Crippen LogP contribution in [0.2, 0.25) is 0 Å². The van der Waals surface area contributed by atoms with Gasteiger partial charge in [0.1, 0.15) is 0 Å². The number of hydrogen-bond acceptors (Lipinski definition) is 5. The summed E-state index contributed by atoms with van der Waals surface area (Å²) in [5.41, 5.74) is 0. The quantitative estimate of drug-likeness (QED) is 0.870. The molecule has 2 saturated heterocycles. The van der Waals surface area contributed by atoms with Crippen LogP contribution in [0.25, 0.3) is 0 Å². The smallest absolute Gasteiger partial charge is 0.226 e. The molecule has 0 amide bonds. The first-order valence-electron chi connectivity index (χ1n) is 7.12. The van der Waals surface area contributed by atoms with Crippen LogP contribution < -0.4 is 5.32 Å². The van der Waals surface area contributed by atoms with Crippen molar-refractivity contribution in [2.45, 2.75) is 45.2 Å². The van der Waals surface area contributed by atoms with Crippen LogP contribution in [0.3, 0.4) is 0 Å². The molecule has 0 unspecified atom stereocenters. The third kappa shape index (κ3) is 2.57. The lowest BCUT2D eigenvalue weighted by molar-refractivity contribution is 0.296. The van der Waals surface area contributed by atoms with E-state index in [-0.39, 0.29) is 0 Å². The molecule has 0 bridgehead atoms. The fourth-order valence-corrected chi connectivity index (χ4v) is 3.13. The van der Waals surface area contributed by atoms with Gasteiger partial charge in [-0.25, -0.2) is 0 Å². The zero-order valence-electron chi connectivity index (χ0n) is 11.1. The van der Waals surface area contributed by atoms with Crippen molar-refractivity contribution >= 4 is 0 Å². The lowest BCUT2D eigenvalue weighted by Gasteiger charge is -2.24. The van der Waals surface area contributed by atoms with Crippen LogP contribution in [-0.2, 0) is 13.0 Å². The summed E-state index contributed by atoms with van der Waals surface area (Å²) in [5, 5.41) is 7.68. The summed E-state index contributed by atoms with van der Waals surface area (Å²) >= 11 is 0. The highest BCUT2D eigenvalue weighted by atomic mass is 16.5. The van der Waals surface area contributed by atoms with Crippen molar-refractivity contribution in [3.63, 3.8) is 0 Å². The Morgan fingerprint density at radius 2 is 2.39 bits per heavy atom. The topological polar surface area (TPSA) is 54.2 Å². The lowest BCUT2D eigenvalue weighted by Crippen LogP contribution is -2.40. The van der Waals surface area contributed by atoms with Crippen molar-refractivity contribution in [1.29, 1.82) is 0 Å². The fraction of sp³-hybridized carbons (Fsp3) is 0.846. The minimum absolute atomic E-state index is 0.681. The molecule has 5 heteroatoms. The molecule has 0 saturated carbocycles. The van der Waals surface area contributed by atoms with Crippen molar-refractivity contribution in [3.8, 4) is 0 Å². The Morgan fingerprint density at radius 3 is 3.22 bits per heavy atom. The molecule has 2 fully saturated rings. The second-order valence-corrected chi connectivity index (χ2v) is 5.51. The highest BCUT2D eigenvalue weighted by Gasteiger charge is 2.34. The van der Waals surface area contributed by atoms with Crippen LogP contribution in [0.15, 0.2) is 4.52 Å². The van der Waals surface area contributed by atoms with Gasteiger partial charge < -0.3 is 9.84 Å². The third-order valence-electron chi connectivity index (χ3n) is 4.01. The van der Waals surface area contributed by atoms with E-state index in [0.29, 0.717) is 6.04 Å². The monoisotopic (exact) mass is 250 g/mol. The van der Waals surface area contributed by atoms with Crippen LogP contribution in [0.1, 0.15) is 37.9 Å². The molecule has 3 heterocycles. The molecule has 2 aliphatic heterocycles. The second kappa shape index (κ2) is 5.36. The number of likely N-dealkylation sites (tertiary alicyclic amines) is 1. The van der Waals surface area contributed by atoms with E-state index in [1.807, 2.05) is 0 Å². The number of rotatable bonds is 4. The molecule has 2 atom stereocenters. The van der Waals surface area contributed by atoms with E-state index in [1.54, 1.807) is 0 Å². The number of hydrogen-bond donors (Lipinski definition) is 1. The number of nitrogens with one attached hydrogen (secondary N) is 1. The molecule has 0 aliphatic carbocycles. The average molecular weight is 250 g/mol. The molecule has 2 aliphatic rings. The van der Waals surface area contributed by atoms with Crippen molar-refractivity contribution in [3.05, 3.63) is 11.7 Å². The minimum atomic E-state index is 0.681. The zero-order chi connectivity index (χ0) is 12.4. The maximum atomic E-state index is 5.23. The number of fused-ring (bicyclic) bond motifs is 1. The number of nitrogens with zero attached hydrogens (tertiary/aromatic N) is 3. The van der Waals surface area contributed by atoms with Crippen LogP contribution >= 0.6 is 0 Å². The van der Waals surface area contributed by atoms with E-state index in [2.05, 4.69) is 27.3 Å². The van der Waals surface area contributed by atoms with Gasteiger partial charge in [-0.15, -0.1) is 0 Å². The Bertz CT molecular complexity index is 378. The van der Waals surface area contributed by atoms with Crippen molar-refractivity contribution < 1.29 is 4.52 Å². The average Bonchev–Trinajstić information content (AvgIpc) is 2.96. The Kier molecular flexibility index (Phi) is 3.61. The number of aromatic nitrogens is 2. The standard InChI is InChI=1S/C13H22N4O/c1-2-4-13-15-12(16-18-13)9-17-7-10-5-3-6-14-11(10)8-17/h10-11,14H,2-9H2,1H3/t10-,11+/m0/s1. The molecular weight excluding hydrogens is 228 g/mol. The van der Waals surface area contributed by atoms with Gasteiger partial charge in [-0.3, -0.25) is 4.90 Å². The SMILES string of the molecule is CCCc1nc(CN2C[C@@H]3CCCN[C@@H]3C2)no1. The molecule has 1 aromatic rings. The Balaban J connectivity index is 1.56. The lowest BCUT2D eigenvalue weighted by atomic mass is 9.94. The summed E-state index contributed by atoms with van der Waals surface area (Å²) in [7, 11) is 0. The maximum absolute atomic E-state index is 5.23. The molecule has 0 radical (unpaired) electrons. The van der Waals surface area contributed by atoms with Gasteiger partial charge in [0.2, 0.25) is 5.89 Å². The zero-order valence-corrected chi connectivity index (χ0v) is 11.1. The maximum Gasteiger partial charge on any atom is 0.226 e. The summed E-state index contributed by atoms with van der Waals surface area (Å²) in [6.45, 7) is 6.44. The highest BCUT2D eigenvalue weighted by molar-refractivity contribution is 4.94. The minimum Gasteiger partial charge on any atom is -0.339 e. The van der Waals surface area contributed by atoms with Crippen LogP contribution in [0, 0.1) is 5.92 Å². The Morgan fingerprint density at radius 1 is 1.44 bits per heavy atom. The van der Waals surface area contributed by atoms with Crippen molar-refractivity contribution in [2.75, 3.05) is 19.6 Å². The van der Waals surface area contributed by atoms with Crippen LogP contribution in [-0.4, -0.2) is 40.7 Å². The number of piperidine rings is 1. The van der Waals surface area contributed by atoms with Gasteiger partial charge in [0.25, 0.3) is 0 Å². The molecule has 3 rings (SSSR count). The van der Waals surface area contributed by atoms with E-state index in [9.17, 15) is 0 Å². The molecule has 5 nitrogen and oxygen atoms in total. The van der Waals surface area contributed by atoms with Gasteiger partial charge in [-0.1, -0.05) is 12.1 Å². The largest absolute Gasteiger partial charge is 0.339 e. The third-order valence-corrected chi connectivity index (χ3v) is 4.01. The van der Waals surface area contributed by atoms with Crippen molar-refractivity contribution in [2.24, 2.45) is 5.92 Å². The first-order chi connectivity index (χ1) is 8.85. The summed E-state index contributed by atoms with van der Waals surface area (Å²) < 4.78 is 5.23. The first-order valence-corrected chi connectivity index (χ1v) is 7.12. The summed E-state index contributed by atoms with van der Waals surface area (Å²) in [6.07, 6.45) is 4.62. The van der Waals surface area contributed by atoms with E-state index in [1.165, 1.54) is 25.9 Å². The predicted molar refractivity (Wildman–Crippen MR) is 68.1 cm³/mol. The van der Waals surface area contributed by atoms with E-state index >= 15 is 0 Å². The summed E-state index contributed by atoms with van der Waals surface area (Å²) in [5.74, 6) is 2.44. The molecule has 1 aromatic heterocycles. The molecular formula is C13H22N4O. The van der Waals surface area contributed by atoms with E-state index in [0.717, 1.165) is 43.6 Å². The van der Waals surface area contributed by atoms with Crippen molar-refractivity contribution in [1.82, 2.24) is 20.4 Å². The van der Waals surface area contributed by atoms with Gasteiger partial charge in [-0.05, 0) is 31.7 Å². The van der Waals surface area contributed by atoms with Gasteiger partial charge in [-0.2, -0.15) is 4.98 Å². The second-order valence-electron chi connectivity index (χ2n) is 5.51. The van der Waals surface area contributed by atoms with Gasteiger partial charge in [0.15, 0.2) is 5.82 Å². The molecule has 18 heavy (non-hydrogen) atoms. The van der Waals surface area contributed by atoms with Gasteiger partial charge in [0.05, 0.1) is 6.54 Å². The first kappa shape index (κ1) is 12.1. The number of aryl methyl sites for hydroxylation is 1. The van der Waals surface area contributed by atoms with Gasteiger partial charge >= 0.3 is 0 Å². The summed E-state index contributed by atoms with van der Waals surface area (Å²) in [6, 6.07) is 0.681. The van der Waals surface area contributed by atoms with E-state index in [4.69, 9.17) is 4.52 Å². The predicted octanol–water partition coefficient (Wildman–Crippen LogP) is 1.21. The van der Waals surface area contributed by atoms with Gasteiger partial charge in [0, 0.05) is 25.6 Å². The highest BCUT2D eigenvalue weighted by Crippen LogP contribution is 2.25. The normalized spacial score (nSPS) is 28.5. The molecule has 1 N–H and O–H groups in total. The molecule has 0 aromatic carbocycles. The van der Waals surface area contributed by atoms with Crippen LogP contribution in [0.4, 0.5) is 0 Å². The fourth-order valence-electron chi connectivity index (χ4n) is 3.13. The Labute approximate surface area is 108 Å². The molecule has 0 spiro atoms. The van der Waals surface area contributed by atoms with Crippen LogP contribution in [0.5, 0.6) is 0 Å². The van der Waals surface area contributed by atoms with E-state index < -0.39 is 0 Å². The Hall–Kier alpha value is -0.940. The summed E-state index contributed by atoms with van der Waals surface area (Å²) in [4.78, 5) is 6.89. The molecule has 100 valence electrons.